The van der Waals surface area contributed by atoms with Crippen molar-refractivity contribution in [2.45, 2.75) is 18.8 Å². The molecule has 86 valence electrons. The summed E-state index contributed by atoms with van der Waals surface area (Å²) >= 11 is 6.12. The fourth-order valence-electron chi connectivity index (χ4n) is 2.12. The molecule has 1 fully saturated rings. The summed E-state index contributed by atoms with van der Waals surface area (Å²) in [6, 6.07) is 5.02. The number of hydrogen-bond acceptors (Lipinski definition) is 2. The molecule has 3 nitrogen and oxygen atoms in total. The Hall–Kier alpha value is -1.06. The largest absolute Gasteiger partial charge is 0.478 e. The third kappa shape index (κ3) is 2.36. The molecule has 1 aromatic carbocycles. The number of halogens is 1. The van der Waals surface area contributed by atoms with Gasteiger partial charge < -0.3 is 10.4 Å². The Labute approximate surface area is 99.4 Å². The number of carboxylic acid groups (broad SMARTS) is 1. The first-order chi connectivity index (χ1) is 7.68. The highest BCUT2D eigenvalue weighted by Gasteiger charge is 2.18. The van der Waals surface area contributed by atoms with Gasteiger partial charge in [0.25, 0.3) is 0 Å². The number of hydrogen-bond donors (Lipinski definition) is 2. The zero-order valence-electron chi connectivity index (χ0n) is 8.87. The summed E-state index contributed by atoms with van der Waals surface area (Å²) in [5.74, 6) is -0.477. The van der Waals surface area contributed by atoms with E-state index in [-0.39, 0.29) is 5.56 Å². The summed E-state index contributed by atoms with van der Waals surface area (Å²) in [5, 5.41) is 12.7. The number of rotatable bonds is 2. The standard InChI is InChI=1S/C12H14ClNO2/c13-11-7-9(12(15)16)1-2-10(11)8-3-5-14-6-4-8/h1-2,7-8,14H,3-6H2,(H,15,16). The maximum absolute atomic E-state index is 10.8. The van der Waals surface area contributed by atoms with Crippen LogP contribution in [0.4, 0.5) is 0 Å². The van der Waals surface area contributed by atoms with Crippen LogP contribution in [0, 0.1) is 0 Å². The molecular formula is C12H14ClNO2. The summed E-state index contributed by atoms with van der Waals surface area (Å²) in [5.41, 5.74) is 1.33. The molecule has 4 heteroatoms. The van der Waals surface area contributed by atoms with E-state index in [1.165, 1.54) is 0 Å². The molecule has 16 heavy (non-hydrogen) atoms. The first-order valence-corrected chi connectivity index (χ1v) is 5.79. The summed E-state index contributed by atoms with van der Waals surface area (Å²) < 4.78 is 0. The van der Waals surface area contributed by atoms with E-state index in [4.69, 9.17) is 16.7 Å². The molecule has 0 unspecified atom stereocenters. The van der Waals surface area contributed by atoms with E-state index in [0.29, 0.717) is 10.9 Å². The second-order valence-corrected chi connectivity index (χ2v) is 4.47. The number of nitrogens with one attached hydrogen (secondary N) is 1. The normalized spacial score (nSPS) is 17.3. The average Bonchev–Trinajstić information content (AvgIpc) is 2.30. The van der Waals surface area contributed by atoms with Crippen molar-refractivity contribution in [1.29, 1.82) is 0 Å². The van der Waals surface area contributed by atoms with Gasteiger partial charge in [0.1, 0.15) is 0 Å². The minimum absolute atomic E-state index is 0.252. The van der Waals surface area contributed by atoms with Crippen LogP contribution in [-0.2, 0) is 0 Å². The van der Waals surface area contributed by atoms with Crippen molar-refractivity contribution in [3.63, 3.8) is 0 Å². The maximum atomic E-state index is 10.8. The van der Waals surface area contributed by atoms with Crippen LogP contribution in [0.1, 0.15) is 34.7 Å². The van der Waals surface area contributed by atoms with Crippen molar-refractivity contribution < 1.29 is 9.90 Å². The first kappa shape index (κ1) is 11.4. The van der Waals surface area contributed by atoms with Gasteiger partial charge in [0.05, 0.1) is 5.56 Å². The molecule has 1 aliphatic heterocycles. The van der Waals surface area contributed by atoms with Gasteiger partial charge in [-0.3, -0.25) is 0 Å². The van der Waals surface area contributed by atoms with Gasteiger partial charge in [-0.25, -0.2) is 4.79 Å². The topological polar surface area (TPSA) is 49.3 Å². The van der Waals surface area contributed by atoms with Gasteiger partial charge in [0, 0.05) is 5.02 Å². The average molecular weight is 240 g/mol. The van der Waals surface area contributed by atoms with Gasteiger partial charge in [0.2, 0.25) is 0 Å². The molecule has 0 aliphatic carbocycles. The number of benzene rings is 1. The lowest BCUT2D eigenvalue weighted by molar-refractivity contribution is 0.0697. The number of piperidine rings is 1. The van der Waals surface area contributed by atoms with Crippen molar-refractivity contribution in [2.75, 3.05) is 13.1 Å². The molecular weight excluding hydrogens is 226 g/mol. The third-order valence-electron chi connectivity index (χ3n) is 3.03. The highest BCUT2D eigenvalue weighted by Crippen LogP contribution is 2.31. The highest BCUT2D eigenvalue weighted by molar-refractivity contribution is 6.31. The Morgan fingerprint density at radius 2 is 2.06 bits per heavy atom. The summed E-state index contributed by atoms with van der Waals surface area (Å²) in [6.07, 6.45) is 2.12. The van der Waals surface area contributed by atoms with Gasteiger partial charge in [-0.2, -0.15) is 0 Å². The van der Waals surface area contributed by atoms with Crippen LogP contribution in [-0.4, -0.2) is 24.2 Å². The minimum Gasteiger partial charge on any atom is -0.478 e. The Morgan fingerprint density at radius 3 is 2.62 bits per heavy atom. The molecule has 1 aliphatic rings. The van der Waals surface area contributed by atoms with Crippen LogP contribution in [0.2, 0.25) is 5.02 Å². The fourth-order valence-corrected chi connectivity index (χ4v) is 2.46. The lowest BCUT2D eigenvalue weighted by Gasteiger charge is -2.23. The Kier molecular flexibility index (Phi) is 3.46. The molecule has 2 N–H and O–H groups in total. The van der Waals surface area contributed by atoms with Crippen LogP contribution in [0.15, 0.2) is 18.2 Å². The van der Waals surface area contributed by atoms with Crippen molar-refractivity contribution in [3.8, 4) is 0 Å². The predicted molar refractivity (Wildman–Crippen MR) is 63.3 cm³/mol. The molecule has 0 saturated carbocycles. The second-order valence-electron chi connectivity index (χ2n) is 4.07. The van der Waals surface area contributed by atoms with E-state index >= 15 is 0 Å². The van der Waals surface area contributed by atoms with Crippen LogP contribution in [0.3, 0.4) is 0 Å². The van der Waals surface area contributed by atoms with Gasteiger partial charge in [-0.1, -0.05) is 17.7 Å². The van der Waals surface area contributed by atoms with Gasteiger partial charge in [0.15, 0.2) is 0 Å². The predicted octanol–water partition coefficient (Wildman–Crippen LogP) is 2.51. The summed E-state index contributed by atoms with van der Waals surface area (Å²) in [6.45, 7) is 2.00. The zero-order valence-corrected chi connectivity index (χ0v) is 9.63. The number of carboxylic acids is 1. The SMILES string of the molecule is O=C(O)c1ccc(C2CCNCC2)c(Cl)c1. The van der Waals surface area contributed by atoms with E-state index in [1.807, 2.05) is 6.07 Å². The van der Waals surface area contributed by atoms with E-state index in [2.05, 4.69) is 5.32 Å². The monoisotopic (exact) mass is 239 g/mol. The van der Waals surface area contributed by atoms with Crippen LogP contribution in [0.5, 0.6) is 0 Å². The fraction of sp³-hybridized carbons (Fsp3) is 0.417. The third-order valence-corrected chi connectivity index (χ3v) is 3.35. The number of carbonyl (C=O) groups is 1. The Morgan fingerprint density at radius 1 is 1.38 bits per heavy atom. The first-order valence-electron chi connectivity index (χ1n) is 5.42. The van der Waals surface area contributed by atoms with Crippen LogP contribution >= 0.6 is 11.6 Å². The minimum atomic E-state index is -0.932. The zero-order chi connectivity index (χ0) is 11.5. The summed E-state index contributed by atoms with van der Waals surface area (Å²) in [7, 11) is 0. The van der Waals surface area contributed by atoms with E-state index in [0.717, 1.165) is 31.5 Å². The molecule has 1 heterocycles. The lowest BCUT2D eigenvalue weighted by Crippen LogP contribution is -2.26. The van der Waals surface area contributed by atoms with Crippen molar-refractivity contribution in [1.82, 2.24) is 5.32 Å². The van der Waals surface area contributed by atoms with Gasteiger partial charge in [-0.05, 0) is 49.5 Å². The highest BCUT2D eigenvalue weighted by atomic mass is 35.5. The van der Waals surface area contributed by atoms with Crippen molar-refractivity contribution in [2.24, 2.45) is 0 Å². The molecule has 0 atom stereocenters. The Bertz CT molecular complexity index is 400. The molecule has 1 aromatic rings. The molecule has 0 spiro atoms. The Balaban J connectivity index is 2.24. The summed E-state index contributed by atoms with van der Waals surface area (Å²) in [4.78, 5) is 10.8. The lowest BCUT2D eigenvalue weighted by atomic mass is 9.90. The molecule has 0 bridgehead atoms. The molecule has 0 radical (unpaired) electrons. The quantitative estimate of drug-likeness (QED) is 0.834. The smallest absolute Gasteiger partial charge is 0.335 e. The van der Waals surface area contributed by atoms with Gasteiger partial charge >= 0.3 is 5.97 Å². The van der Waals surface area contributed by atoms with Crippen molar-refractivity contribution in [3.05, 3.63) is 34.3 Å². The van der Waals surface area contributed by atoms with E-state index < -0.39 is 5.97 Å². The molecule has 1 saturated heterocycles. The molecule has 0 amide bonds. The van der Waals surface area contributed by atoms with E-state index in [1.54, 1.807) is 12.1 Å². The van der Waals surface area contributed by atoms with Gasteiger partial charge in [-0.15, -0.1) is 0 Å². The van der Waals surface area contributed by atoms with Crippen LogP contribution < -0.4 is 5.32 Å². The molecule has 0 aromatic heterocycles. The number of aromatic carboxylic acids is 1. The van der Waals surface area contributed by atoms with E-state index in [9.17, 15) is 4.79 Å². The second kappa shape index (κ2) is 4.85. The van der Waals surface area contributed by atoms with Crippen LogP contribution in [0.25, 0.3) is 0 Å². The maximum Gasteiger partial charge on any atom is 0.335 e. The van der Waals surface area contributed by atoms with Crippen molar-refractivity contribution >= 4 is 17.6 Å². The molecule has 2 rings (SSSR count).